The molecule has 0 radical (unpaired) electrons. The first-order chi connectivity index (χ1) is 9.72. The molecule has 0 saturated carbocycles. The molecule has 1 amide bonds. The Kier molecular flexibility index (Phi) is 4.25. The van der Waals surface area contributed by atoms with Crippen LogP contribution in [0.3, 0.4) is 0 Å². The van der Waals surface area contributed by atoms with E-state index in [1.165, 1.54) is 11.3 Å². The standard InChI is InChI=1S/C16H23N3OS/c1-10-6-7-12-11(8-10)13(17)14(21-12)15(20)18-9-16(2,3)19(4)5/h6-8H,9,17H2,1-5H3,(H,18,20). The third kappa shape index (κ3) is 3.19. The number of hydrogen-bond acceptors (Lipinski definition) is 4. The van der Waals surface area contributed by atoms with E-state index in [1.807, 2.05) is 39.2 Å². The van der Waals surface area contributed by atoms with Crippen LogP contribution in [0.1, 0.15) is 29.1 Å². The lowest BCUT2D eigenvalue weighted by Crippen LogP contribution is -2.48. The van der Waals surface area contributed by atoms with Crippen molar-refractivity contribution in [3.63, 3.8) is 0 Å². The van der Waals surface area contributed by atoms with Gasteiger partial charge in [0, 0.05) is 22.2 Å². The van der Waals surface area contributed by atoms with Crippen LogP contribution in [0.5, 0.6) is 0 Å². The lowest BCUT2D eigenvalue weighted by molar-refractivity contribution is 0.0924. The van der Waals surface area contributed by atoms with E-state index in [0.717, 1.165) is 15.6 Å². The van der Waals surface area contributed by atoms with Crippen LogP contribution in [-0.4, -0.2) is 37.0 Å². The van der Waals surface area contributed by atoms with Gasteiger partial charge in [-0.15, -0.1) is 11.3 Å². The normalized spacial score (nSPS) is 12.1. The Bertz CT molecular complexity index is 673. The quantitative estimate of drug-likeness (QED) is 0.913. The summed E-state index contributed by atoms with van der Waals surface area (Å²) in [7, 11) is 4.01. The molecule has 2 aromatic rings. The van der Waals surface area contributed by atoms with Gasteiger partial charge in [-0.2, -0.15) is 0 Å². The fraction of sp³-hybridized carbons (Fsp3) is 0.438. The zero-order valence-corrected chi connectivity index (χ0v) is 14.1. The van der Waals surface area contributed by atoms with E-state index in [2.05, 4.69) is 24.1 Å². The van der Waals surface area contributed by atoms with E-state index in [4.69, 9.17) is 5.73 Å². The van der Waals surface area contributed by atoms with Gasteiger partial charge in [-0.25, -0.2) is 0 Å². The number of likely N-dealkylation sites (N-methyl/N-ethyl adjacent to an activating group) is 1. The SMILES string of the molecule is Cc1ccc2sc(C(=O)NCC(C)(C)N(C)C)c(N)c2c1. The fourth-order valence-electron chi connectivity index (χ4n) is 1.93. The summed E-state index contributed by atoms with van der Waals surface area (Å²) < 4.78 is 1.05. The molecule has 1 heterocycles. The third-order valence-electron chi connectivity index (χ3n) is 3.98. The van der Waals surface area contributed by atoms with Gasteiger partial charge < -0.3 is 16.0 Å². The van der Waals surface area contributed by atoms with Gasteiger partial charge in [0.15, 0.2) is 0 Å². The zero-order valence-electron chi connectivity index (χ0n) is 13.3. The Morgan fingerprint density at radius 1 is 1.38 bits per heavy atom. The highest BCUT2D eigenvalue weighted by molar-refractivity contribution is 7.21. The van der Waals surface area contributed by atoms with Gasteiger partial charge >= 0.3 is 0 Å². The Balaban J connectivity index is 2.22. The van der Waals surface area contributed by atoms with Gasteiger partial charge in [-0.05, 0) is 47.0 Å². The van der Waals surface area contributed by atoms with Crippen molar-refractivity contribution in [2.75, 3.05) is 26.4 Å². The largest absolute Gasteiger partial charge is 0.397 e. The Labute approximate surface area is 129 Å². The molecule has 0 unspecified atom stereocenters. The van der Waals surface area contributed by atoms with Crippen molar-refractivity contribution in [2.45, 2.75) is 26.3 Å². The van der Waals surface area contributed by atoms with E-state index >= 15 is 0 Å². The molecule has 0 spiro atoms. The van der Waals surface area contributed by atoms with Gasteiger partial charge in [0.1, 0.15) is 4.88 Å². The van der Waals surface area contributed by atoms with E-state index in [-0.39, 0.29) is 11.4 Å². The van der Waals surface area contributed by atoms with Crippen LogP contribution in [0.15, 0.2) is 18.2 Å². The second kappa shape index (κ2) is 5.66. The predicted octanol–water partition coefficient (Wildman–Crippen LogP) is 2.86. The van der Waals surface area contributed by atoms with Gasteiger partial charge in [0.2, 0.25) is 0 Å². The number of benzene rings is 1. The van der Waals surface area contributed by atoms with E-state index in [1.54, 1.807) is 0 Å². The third-order valence-corrected chi connectivity index (χ3v) is 5.17. The number of hydrogen-bond donors (Lipinski definition) is 2. The first-order valence-corrected chi connectivity index (χ1v) is 7.78. The Morgan fingerprint density at radius 3 is 2.67 bits per heavy atom. The van der Waals surface area contributed by atoms with Gasteiger partial charge in [-0.1, -0.05) is 11.6 Å². The summed E-state index contributed by atoms with van der Waals surface area (Å²) in [6, 6.07) is 6.09. The molecule has 5 heteroatoms. The highest BCUT2D eigenvalue weighted by Gasteiger charge is 2.23. The number of anilines is 1. The summed E-state index contributed by atoms with van der Waals surface area (Å²) in [5, 5.41) is 3.96. The van der Waals surface area contributed by atoms with Crippen molar-refractivity contribution in [2.24, 2.45) is 0 Å². The summed E-state index contributed by atoms with van der Waals surface area (Å²) in [5.41, 5.74) is 7.78. The van der Waals surface area contributed by atoms with Gasteiger partial charge in [-0.3, -0.25) is 4.79 Å². The number of nitrogens with one attached hydrogen (secondary N) is 1. The number of amides is 1. The number of nitrogens with zero attached hydrogens (tertiary/aromatic N) is 1. The highest BCUT2D eigenvalue weighted by atomic mass is 32.1. The number of aryl methyl sites for hydroxylation is 1. The molecule has 1 aromatic carbocycles. The van der Waals surface area contributed by atoms with Crippen LogP contribution in [0.25, 0.3) is 10.1 Å². The van der Waals surface area contributed by atoms with Gasteiger partial charge in [0.25, 0.3) is 5.91 Å². The van der Waals surface area contributed by atoms with Crippen molar-refractivity contribution in [1.29, 1.82) is 0 Å². The molecule has 0 fully saturated rings. The molecule has 0 aliphatic heterocycles. The van der Waals surface area contributed by atoms with Gasteiger partial charge in [0.05, 0.1) is 5.69 Å². The molecule has 0 atom stereocenters. The average molecular weight is 305 g/mol. The van der Waals surface area contributed by atoms with Crippen molar-refractivity contribution >= 4 is 33.0 Å². The Hall–Kier alpha value is -1.59. The average Bonchev–Trinajstić information content (AvgIpc) is 2.73. The van der Waals surface area contributed by atoms with Crippen molar-refractivity contribution < 1.29 is 4.79 Å². The van der Waals surface area contributed by atoms with E-state index < -0.39 is 0 Å². The van der Waals surface area contributed by atoms with E-state index in [0.29, 0.717) is 17.1 Å². The topological polar surface area (TPSA) is 58.4 Å². The molecular weight excluding hydrogens is 282 g/mol. The molecule has 0 aliphatic carbocycles. The number of nitrogen functional groups attached to an aromatic ring is 1. The van der Waals surface area contributed by atoms with Crippen molar-refractivity contribution in [3.05, 3.63) is 28.6 Å². The molecule has 4 nitrogen and oxygen atoms in total. The monoisotopic (exact) mass is 305 g/mol. The number of carbonyl (C=O) groups excluding carboxylic acids is 1. The molecule has 0 bridgehead atoms. The number of carbonyl (C=O) groups is 1. The summed E-state index contributed by atoms with van der Waals surface area (Å²) in [5.74, 6) is -0.0960. The number of rotatable bonds is 4. The highest BCUT2D eigenvalue weighted by Crippen LogP contribution is 2.34. The first kappa shape index (κ1) is 15.8. The fourth-order valence-corrected chi connectivity index (χ4v) is 2.95. The lowest BCUT2D eigenvalue weighted by Gasteiger charge is -2.32. The molecule has 0 aliphatic rings. The summed E-state index contributed by atoms with van der Waals surface area (Å²) in [4.78, 5) is 15.1. The van der Waals surface area contributed by atoms with Crippen LogP contribution < -0.4 is 11.1 Å². The first-order valence-electron chi connectivity index (χ1n) is 6.96. The molecule has 114 valence electrons. The number of nitrogens with two attached hydrogens (primary N) is 1. The maximum Gasteiger partial charge on any atom is 0.263 e. The minimum Gasteiger partial charge on any atom is -0.397 e. The smallest absolute Gasteiger partial charge is 0.263 e. The molecule has 3 N–H and O–H groups in total. The molecule has 1 aromatic heterocycles. The second-order valence-corrected chi connectivity index (χ2v) is 7.29. The van der Waals surface area contributed by atoms with Crippen LogP contribution in [0, 0.1) is 6.92 Å². The number of fused-ring (bicyclic) bond motifs is 1. The summed E-state index contributed by atoms with van der Waals surface area (Å²) >= 11 is 1.45. The zero-order chi connectivity index (χ0) is 15.8. The van der Waals surface area contributed by atoms with Crippen molar-refractivity contribution in [1.82, 2.24) is 10.2 Å². The van der Waals surface area contributed by atoms with Crippen LogP contribution >= 0.6 is 11.3 Å². The second-order valence-electron chi connectivity index (χ2n) is 6.23. The minimum absolute atomic E-state index is 0.0960. The maximum absolute atomic E-state index is 12.4. The minimum atomic E-state index is -0.0995. The van der Waals surface area contributed by atoms with E-state index in [9.17, 15) is 4.79 Å². The summed E-state index contributed by atoms with van der Waals surface area (Å²) in [6.45, 7) is 6.78. The summed E-state index contributed by atoms with van der Waals surface area (Å²) in [6.07, 6.45) is 0. The maximum atomic E-state index is 12.4. The predicted molar refractivity (Wildman–Crippen MR) is 91.1 cm³/mol. The van der Waals surface area contributed by atoms with Crippen molar-refractivity contribution in [3.8, 4) is 0 Å². The molecular formula is C16H23N3OS. The number of thiophene rings is 1. The van der Waals surface area contributed by atoms with Crippen LogP contribution in [-0.2, 0) is 0 Å². The van der Waals surface area contributed by atoms with Crippen LogP contribution in [0.2, 0.25) is 0 Å². The Morgan fingerprint density at radius 2 is 2.05 bits per heavy atom. The lowest BCUT2D eigenvalue weighted by atomic mass is 10.0. The van der Waals surface area contributed by atoms with Crippen LogP contribution in [0.4, 0.5) is 5.69 Å². The molecule has 2 rings (SSSR count). The molecule has 21 heavy (non-hydrogen) atoms. The molecule has 0 saturated heterocycles.